The predicted octanol–water partition coefficient (Wildman–Crippen LogP) is 2.19. The number of ether oxygens (including phenoxy) is 1. The van der Waals surface area contributed by atoms with Gasteiger partial charge in [-0.1, -0.05) is 36.4 Å². The number of nitrogens with two attached hydrogens (primary N) is 1. The number of carbonyl (C=O) groups excluding carboxylic acids is 1. The minimum Gasteiger partial charge on any atom is -0.493 e. The number of para-hydroxylation sites is 1. The van der Waals surface area contributed by atoms with Crippen LogP contribution in [0.5, 0.6) is 5.75 Å². The SMILES string of the molecule is COc1cccc2cc(C(=O)NCc3ccccc3CN)c(=O)oc12. The van der Waals surface area contributed by atoms with Crippen LogP contribution in [-0.2, 0) is 13.1 Å². The Morgan fingerprint density at radius 1 is 1.16 bits per heavy atom. The van der Waals surface area contributed by atoms with Gasteiger partial charge in [0, 0.05) is 18.5 Å². The van der Waals surface area contributed by atoms with Gasteiger partial charge in [0.05, 0.1) is 7.11 Å². The first-order valence-electron chi connectivity index (χ1n) is 7.80. The summed E-state index contributed by atoms with van der Waals surface area (Å²) in [4.78, 5) is 24.6. The molecule has 128 valence electrons. The molecule has 0 saturated heterocycles. The summed E-state index contributed by atoms with van der Waals surface area (Å²) in [5.74, 6) is -0.0521. The molecule has 0 saturated carbocycles. The second-order valence-corrected chi connectivity index (χ2v) is 5.48. The van der Waals surface area contributed by atoms with Crippen molar-refractivity contribution in [2.75, 3.05) is 7.11 Å². The number of nitrogens with one attached hydrogen (secondary N) is 1. The highest BCUT2D eigenvalue weighted by Crippen LogP contribution is 2.24. The Kier molecular flexibility index (Phi) is 4.81. The molecule has 0 spiro atoms. The maximum atomic E-state index is 12.4. The van der Waals surface area contributed by atoms with E-state index in [0.29, 0.717) is 23.3 Å². The third-order valence-corrected chi connectivity index (χ3v) is 3.97. The highest BCUT2D eigenvalue weighted by Gasteiger charge is 2.15. The number of benzene rings is 2. The molecule has 0 bridgehead atoms. The van der Waals surface area contributed by atoms with Gasteiger partial charge in [0.1, 0.15) is 5.56 Å². The summed E-state index contributed by atoms with van der Waals surface area (Å²) >= 11 is 0. The maximum Gasteiger partial charge on any atom is 0.349 e. The number of rotatable bonds is 5. The van der Waals surface area contributed by atoms with Gasteiger partial charge in [-0.25, -0.2) is 4.79 Å². The minimum atomic E-state index is -0.707. The third kappa shape index (κ3) is 3.39. The van der Waals surface area contributed by atoms with Gasteiger partial charge < -0.3 is 20.2 Å². The molecule has 6 heteroatoms. The number of fused-ring (bicyclic) bond motifs is 1. The molecule has 1 heterocycles. The standard InChI is InChI=1S/C19H18N2O4/c1-24-16-8-4-7-12-9-15(19(23)25-17(12)16)18(22)21-11-14-6-3-2-5-13(14)10-20/h2-9H,10-11,20H2,1H3,(H,21,22). The molecule has 2 aromatic carbocycles. The van der Waals surface area contributed by atoms with Gasteiger partial charge in [0.15, 0.2) is 11.3 Å². The van der Waals surface area contributed by atoms with E-state index in [4.69, 9.17) is 14.9 Å². The topological polar surface area (TPSA) is 94.6 Å². The lowest BCUT2D eigenvalue weighted by molar-refractivity contribution is 0.0947. The number of amides is 1. The molecule has 25 heavy (non-hydrogen) atoms. The molecule has 0 aliphatic carbocycles. The van der Waals surface area contributed by atoms with Crippen LogP contribution < -0.4 is 21.4 Å². The lowest BCUT2D eigenvalue weighted by atomic mass is 10.1. The average Bonchev–Trinajstić information content (AvgIpc) is 2.65. The van der Waals surface area contributed by atoms with Crippen molar-refractivity contribution >= 4 is 16.9 Å². The van der Waals surface area contributed by atoms with E-state index in [2.05, 4.69) is 5.32 Å². The molecule has 0 atom stereocenters. The fraction of sp³-hybridized carbons (Fsp3) is 0.158. The monoisotopic (exact) mass is 338 g/mol. The number of carbonyl (C=O) groups is 1. The van der Waals surface area contributed by atoms with Gasteiger partial charge in [-0.2, -0.15) is 0 Å². The lowest BCUT2D eigenvalue weighted by Crippen LogP contribution is -2.28. The van der Waals surface area contributed by atoms with E-state index >= 15 is 0 Å². The van der Waals surface area contributed by atoms with Crippen LogP contribution in [-0.4, -0.2) is 13.0 Å². The molecular weight excluding hydrogens is 320 g/mol. The zero-order chi connectivity index (χ0) is 17.8. The van der Waals surface area contributed by atoms with Gasteiger partial charge in [-0.05, 0) is 23.3 Å². The van der Waals surface area contributed by atoms with E-state index in [0.717, 1.165) is 11.1 Å². The molecule has 0 aliphatic heterocycles. The van der Waals surface area contributed by atoms with Crippen molar-refractivity contribution in [3.63, 3.8) is 0 Å². The predicted molar refractivity (Wildman–Crippen MR) is 94.5 cm³/mol. The van der Waals surface area contributed by atoms with Gasteiger partial charge in [-0.15, -0.1) is 0 Å². The quantitative estimate of drug-likeness (QED) is 0.696. The minimum absolute atomic E-state index is 0.0500. The van der Waals surface area contributed by atoms with Crippen LogP contribution >= 0.6 is 0 Å². The summed E-state index contributed by atoms with van der Waals surface area (Å²) in [5.41, 5.74) is 7.11. The Labute approximate surface area is 144 Å². The van der Waals surface area contributed by atoms with E-state index in [1.807, 2.05) is 24.3 Å². The van der Waals surface area contributed by atoms with Gasteiger partial charge in [0.25, 0.3) is 5.91 Å². The Balaban J connectivity index is 1.87. The number of methoxy groups -OCH3 is 1. The summed E-state index contributed by atoms with van der Waals surface area (Å²) < 4.78 is 10.4. The highest BCUT2D eigenvalue weighted by molar-refractivity contribution is 5.97. The van der Waals surface area contributed by atoms with E-state index in [1.54, 1.807) is 18.2 Å². The summed E-state index contributed by atoms with van der Waals surface area (Å²) in [5, 5.41) is 3.36. The van der Waals surface area contributed by atoms with Crippen molar-refractivity contribution in [3.05, 3.63) is 75.6 Å². The summed E-state index contributed by atoms with van der Waals surface area (Å²) in [6.45, 7) is 0.658. The van der Waals surface area contributed by atoms with Crippen molar-refractivity contribution in [1.82, 2.24) is 5.32 Å². The maximum absolute atomic E-state index is 12.4. The first-order chi connectivity index (χ1) is 12.1. The molecule has 1 aromatic heterocycles. The van der Waals surface area contributed by atoms with Crippen LogP contribution in [0.1, 0.15) is 21.5 Å². The average molecular weight is 338 g/mol. The molecule has 1 amide bonds. The first-order valence-corrected chi connectivity index (χ1v) is 7.80. The van der Waals surface area contributed by atoms with Crippen molar-refractivity contribution in [1.29, 1.82) is 0 Å². The molecule has 0 radical (unpaired) electrons. The molecule has 0 fully saturated rings. The van der Waals surface area contributed by atoms with Gasteiger partial charge in [0.2, 0.25) is 0 Å². The van der Waals surface area contributed by atoms with E-state index < -0.39 is 11.5 Å². The van der Waals surface area contributed by atoms with Gasteiger partial charge >= 0.3 is 5.63 Å². The highest BCUT2D eigenvalue weighted by atomic mass is 16.5. The molecular formula is C19H18N2O4. The zero-order valence-electron chi connectivity index (χ0n) is 13.7. The van der Waals surface area contributed by atoms with Crippen molar-refractivity contribution in [2.45, 2.75) is 13.1 Å². The van der Waals surface area contributed by atoms with Crippen LogP contribution in [0.4, 0.5) is 0 Å². The van der Waals surface area contributed by atoms with E-state index in [-0.39, 0.29) is 12.1 Å². The largest absolute Gasteiger partial charge is 0.493 e. The lowest BCUT2D eigenvalue weighted by Gasteiger charge is -2.09. The van der Waals surface area contributed by atoms with Crippen LogP contribution in [0, 0.1) is 0 Å². The summed E-state index contributed by atoms with van der Waals surface area (Å²) in [7, 11) is 1.49. The Hall–Kier alpha value is -3.12. The Bertz CT molecular complexity index is 979. The van der Waals surface area contributed by atoms with Crippen LogP contribution in [0.15, 0.2) is 57.7 Å². The van der Waals surface area contributed by atoms with Crippen LogP contribution in [0.2, 0.25) is 0 Å². The second-order valence-electron chi connectivity index (χ2n) is 5.48. The number of hydrogen-bond donors (Lipinski definition) is 2. The molecule has 3 rings (SSSR count). The summed E-state index contributed by atoms with van der Waals surface area (Å²) in [6.07, 6.45) is 0. The van der Waals surface area contributed by atoms with Gasteiger partial charge in [-0.3, -0.25) is 4.79 Å². The second kappa shape index (κ2) is 7.19. The third-order valence-electron chi connectivity index (χ3n) is 3.97. The van der Waals surface area contributed by atoms with Crippen molar-refractivity contribution < 1.29 is 13.9 Å². The zero-order valence-corrected chi connectivity index (χ0v) is 13.7. The molecule has 0 aliphatic rings. The molecule has 0 unspecified atom stereocenters. The fourth-order valence-electron chi connectivity index (χ4n) is 2.64. The van der Waals surface area contributed by atoms with E-state index in [1.165, 1.54) is 13.2 Å². The molecule has 6 nitrogen and oxygen atoms in total. The van der Waals surface area contributed by atoms with Crippen molar-refractivity contribution in [3.8, 4) is 5.75 Å². The van der Waals surface area contributed by atoms with E-state index in [9.17, 15) is 9.59 Å². The normalized spacial score (nSPS) is 10.6. The molecule has 3 N–H and O–H groups in total. The summed E-state index contributed by atoms with van der Waals surface area (Å²) in [6, 6.07) is 14.3. The fourth-order valence-corrected chi connectivity index (χ4v) is 2.64. The Morgan fingerprint density at radius 3 is 2.64 bits per heavy atom. The number of hydrogen-bond acceptors (Lipinski definition) is 5. The van der Waals surface area contributed by atoms with Crippen molar-refractivity contribution in [2.24, 2.45) is 5.73 Å². The van der Waals surface area contributed by atoms with Crippen LogP contribution in [0.25, 0.3) is 11.0 Å². The first kappa shape index (κ1) is 16.7. The molecule has 3 aromatic rings. The smallest absolute Gasteiger partial charge is 0.349 e. The Morgan fingerprint density at radius 2 is 1.92 bits per heavy atom. The van der Waals surface area contributed by atoms with Crippen LogP contribution in [0.3, 0.4) is 0 Å².